The second-order valence-electron chi connectivity index (χ2n) is 12.5. The van der Waals surface area contributed by atoms with Gasteiger partial charge in [0.1, 0.15) is 6.10 Å². The highest BCUT2D eigenvalue weighted by atomic mass is 16.6. The Morgan fingerprint density at radius 3 is 2.17 bits per heavy atom. The molecule has 42 heavy (non-hydrogen) atoms. The standard InChI is InChI=1S/C33H48N6O3/c1-33(2)30(34)16-23-39(33)20-9-19-38-25-24-37(32(38)41)18-8-17-36-21-14-27(15-22-36)42-31(40)35-29-13-7-6-12-28(29)26-10-4-3-5-11-26/h3-7,10-13,27,30H,8-9,14-25,34H2,1-2H3,(H,35,40). The minimum absolute atomic E-state index is 0.0445. The molecule has 3 aliphatic heterocycles. The highest BCUT2D eigenvalue weighted by Gasteiger charge is 2.38. The molecule has 3 saturated heterocycles. The van der Waals surface area contributed by atoms with E-state index in [4.69, 9.17) is 10.5 Å². The first-order valence-electron chi connectivity index (χ1n) is 15.7. The number of likely N-dealkylation sites (tertiary alicyclic amines) is 2. The van der Waals surface area contributed by atoms with Gasteiger partial charge in [0.2, 0.25) is 0 Å². The molecule has 3 amide bonds. The number of rotatable bonds is 11. The Hall–Kier alpha value is -3.14. The number of hydrogen-bond acceptors (Lipinski definition) is 6. The first-order chi connectivity index (χ1) is 20.3. The molecule has 3 aliphatic rings. The van der Waals surface area contributed by atoms with E-state index in [1.165, 1.54) is 0 Å². The molecule has 3 heterocycles. The van der Waals surface area contributed by atoms with Crippen LogP contribution < -0.4 is 11.1 Å². The fourth-order valence-electron chi connectivity index (χ4n) is 6.56. The van der Waals surface area contributed by atoms with Crippen molar-refractivity contribution < 1.29 is 14.3 Å². The molecular weight excluding hydrogens is 528 g/mol. The summed E-state index contributed by atoms with van der Waals surface area (Å²) in [5.74, 6) is 0. The quantitative estimate of drug-likeness (QED) is 0.403. The highest BCUT2D eigenvalue weighted by molar-refractivity contribution is 5.91. The topological polar surface area (TPSA) is 94.4 Å². The number of carbonyl (C=O) groups is 2. The van der Waals surface area contributed by atoms with Crippen LogP contribution in [0.1, 0.15) is 46.0 Å². The van der Waals surface area contributed by atoms with E-state index in [1.807, 2.05) is 64.4 Å². The van der Waals surface area contributed by atoms with Crippen molar-refractivity contribution in [3.8, 4) is 11.1 Å². The van der Waals surface area contributed by atoms with Gasteiger partial charge in [-0.1, -0.05) is 48.5 Å². The minimum atomic E-state index is -0.401. The number of urea groups is 1. The zero-order valence-corrected chi connectivity index (χ0v) is 25.3. The molecule has 2 aromatic rings. The average Bonchev–Trinajstić information content (AvgIpc) is 3.47. The maximum absolute atomic E-state index is 12.9. The number of hydrogen-bond donors (Lipinski definition) is 2. The Labute approximate surface area is 251 Å². The third kappa shape index (κ3) is 7.43. The van der Waals surface area contributed by atoms with E-state index < -0.39 is 6.09 Å². The van der Waals surface area contributed by atoms with Crippen LogP contribution in [-0.2, 0) is 4.74 Å². The number of nitrogens with two attached hydrogens (primary N) is 1. The largest absolute Gasteiger partial charge is 0.446 e. The maximum atomic E-state index is 12.9. The van der Waals surface area contributed by atoms with Crippen LogP contribution in [0.5, 0.6) is 0 Å². The Morgan fingerprint density at radius 1 is 0.857 bits per heavy atom. The fraction of sp³-hybridized carbons (Fsp3) is 0.576. The van der Waals surface area contributed by atoms with Gasteiger partial charge in [-0.2, -0.15) is 0 Å². The van der Waals surface area contributed by atoms with E-state index >= 15 is 0 Å². The second-order valence-corrected chi connectivity index (χ2v) is 12.5. The maximum Gasteiger partial charge on any atom is 0.411 e. The van der Waals surface area contributed by atoms with Crippen molar-refractivity contribution in [3.05, 3.63) is 54.6 Å². The van der Waals surface area contributed by atoms with E-state index in [-0.39, 0.29) is 23.7 Å². The number of ether oxygens (including phenoxy) is 1. The van der Waals surface area contributed by atoms with Gasteiger partial charge in [0, 0.05) is 69.5 Å². The summed E-state index contributed by atoms with van der Waals surface area (Å²) in [6.07, 6.45) is 4.16. The van der Waals surface area contributed by atoms with Crippen LogP contribution in [-0.4, -0.2) is 108 Å². The third-order valence-corrected chi connectivity index (χ3v) is 9.43. The normalized spacial score (nSPS) is 21.7. The predicted molar refractivity (Wildman–Crippen MR) is 167 cm³/mol. The Kier molecular flexibility index (Phi) is 10.0. The van der Waals surface area contributed by atoms with E-state index in [0.717, 1.165) is 108 Å². The van der Waals surface area contributed by atoms with Crippen LogP contribution in [0.25, 0.3) is 11.1 Å². The van der Waals surface area contributed by atoms with E-state index in [9.17, 15) is 9.59 Å². The van der Waals surface area contributed by atoms with Crippen LogP contribution in [0.4, 0.5) is 15.3 Å². The summed E-state index contributed by atoms with van der Waals surface area (Å²) in [5.41, 5.74) is 9.09. The van der Waals surface area contributed by atoms with Crippen molar-refractivity contribution in [2.75, 3.05) is 64.2 Å². The summed E-state index contributed by atoms with van der Waals surface area (Å²) < 4.78 is 5.78. The summed E-state index contributed by atoms with van der Waals surface area (Å²) in [7, 11) is 0. The van der Waals surface area contributed by atoms with Crippen LogP contribution in [0, 0.1) is 0 Å². The molecule has 0 saturated carbocycles. The van der Waals surface area contributed by atoms with Crippen LogP contribution in [0.15, 0.2) is 54.6 Å². The summed E-state index contributed by atoms with van der Waals surface area (Å²) in [4.78, 5) is 34.5. The number of benzene rings is 2. The molecule has 3 fully saturated rings. The molecule has 1 unspecified atom stereocenters. The van der Waals surface area contributed by atoms with Gasteiger partial charge in [0.05, 0.1) is 5.69 Å². The zero-order chi connectivity index (χ0) is 29.5. The van der Waals surface area contributed by atoms with Gasteiger partial charge in [-0.05, 0) is 64.1 Å². The second kappa shape index (κ2) is 13.9. The van der Waals surface area contributed by atoms with Crippen molar-refractivity contribution >= 4 is 17.8 Å². The number of nitrogens with zero attached hydrogens (tertiary/aromatic N) is 4. The van der Waals surface area contributed by atoms with Crippen LogP contribution in [0.2, 0.25) is 0 Å². The monoisotopic (exact) mass is 576 g/mol. The highest BCUT2D eigenvalue weighted by Crippen LogP contribution is 2.29. The van der Waals surface area contributed by atoms with Crippen molar-refractivity contribution in [2.45, 2.75) is 63.6 Å². The first-order valence-corrected chi connectivity index (χ1v) is 15.7. The molecule has 228 valence electrons. The first kappa shape index (κ1) is 30.3. The Morgan fingerprint density at radius 2 is 1.50 bits per heavy atom. The Bertz CT molecular complexity index is 1180. The summed E-state index contributed by atoms with van der Waals surface area (Å²) >= 11 is 0. The molecule has 2 aromatic carbocycles. The van der Waals surface area contributed by atoms with E-state index in [1.54, 1.807) is 0 Å². The molecule has 0 bridgehead atoms. The summed E-state index contributed by atoms with van der Waals surface area (Å²) in [6.45, 7) is 12.5. The summed E-state index contributed by atoms with van der Waals surface area (Å²) in [6, 6.07) is 18.2. The van der Waals surface area contributed by atoms with Gasteiger partial charge in [0.15, 0.2) is 0 Å². The van der Waals surface area contributed by atoms with Crippen LogP contribution in [0.3, 0.4) is 0 Å². The number of anilines is 1. The number of amides is 3. The number of piperidine rings is 1. The van der Waals surface area contributed by atoms with Crippen molar-refractivity contribution in [1.29, 1.82) is 0 Å². The lowest BCUT2D eigenvalue weighted by Crippen LogP contribution is -2.49. The average molecular weight is 577 g/mol. The van der Waals surface area contributed by atoms with Crippen molar-refractivity contribution in [3.63, 3.8) is 0 Å². The third-order valence-electron chi connectivity index (χ3n) is 9.43. The van der Waals surface area contributed by atoms with Gasteiger partial charge in [0.25, 0.3) is 0 Å². The molecular formula is C33H48N6O3. The molecule has 1 atom stereocenters. The van der Waals surface area contributed by atoms with Gasteiger partial charge < -0.3 is 25.2 Å². The number of para-hydroxylation sites is 1. The van der Waals surface area contributed by atoms with Crippen molar-refractivity contribution in [1.82, 2.24) is 19.6 Å². The molecule has 0 aliphatic carbocycles. The molecule has 0 spiro atoms. The lowest BCUT2D eigenvalue weighted by molar-refractivity contribution is 0.0581. The Balaban J connectivity index is 0.967. The van der Waals surface area contributed by atoms with Gasteiger partial charge in [-0.3, -0.25) is 10.2 Å². The summed E-state index contributed by atoms with van der Waals surface area (Å²) in [5, 5.41) is 2.95. The predicted octanol–water partition coefficient (Wildman–Crippen LogP) is 4.70. The number of nitrogens with one attached hydrogen (secondary N) is 1. The van der Waals surface area contributed by atoms with Crippen molar-refractivity contribution in [2.24, 2.45) is 5.73 Å². The molecule has 9 nitrogen and oxygen atoms in total. The smallest absolute Gasteiger partial charge is 0.411 e. The SMILES string of the molecule is CC1(C)C(N)CCN1CCCN1CCN(CCCN2CCC(OC(=O)Nc3ccccc3-c3ccccc3)CC2)C1=O. The minimum Gasteiger partial charge on any atom is -0.446 e. The number of carbonyl (C=O) groups excluding carboxylic acids is 2. The van der Waals surface area contributed by atoms with Gasteiger partial charge in [-0.25, -0.2) is 9.59 Å². The van der Waals surface area contributed by atoms with E-state index in [2.05, 4.69) is 29.0 Å². The van der Waals surface area contributed by atoms with Gasteiger partial charge >= 0.3 is 12.1 Å². The molecule has 9 heteroatoms. The molecule has 5 rings (SSSR count). The zero-order valence-electron chi connectivity index (χ0n) is 25.3. The lowest BCUT2D eigenvalue weighted by Gasteiger charge is -2.34. The van der Waals surface area contributed by atoms with E-state index in [0.29, 0.717) is 0 Å². The van der Waals surface area contributed by atoms with Crippen LogP contribution >= 0.6 is 0 Å². The van der Waals surface area contributed by atoms with Gasteiger partial charge in [-0.15, -0.1) is 0 Å². The molecule has 3 N–H and O–H groups in total. The molecule has 0 aromatic heterocycles. The molecule has 0 radical (unpaired) electrons. The fourth-order valence-corrected chi connectivity index (χ4v) is 6.56. The lowest BCUT2D eigenvalue weighted by atomic mass is 9.97.